The van der Waals surface area contributed by atoms with Crippen LogP contribution >= 0.6 is 0 Å². The number of hydrogen-bond acceptors (Lipinski definition) is 6. The lowest BCUT2D eigenvalue weighted by molar-refractivity contribution is -0.151. The highest BCUT2D eigenvalue weighted by Crippen LogP contribution is 2.00. The summed E-state index contributed by atoms with van der Waals surface area (Å²) in [4.78, 5) is 45.5. The maximum Gasteiger partial charge on any atom is 0.408 e. The molecule has 1 aromatic carbocycles. The van der Waals surface area contributed by atoms with Gasteiger partial charge in [-0.2, -0.15) is 0 Å². The van der Waals surface area contributed by atoms with Crippen molar-refractivity contribution in [1.29, 1.82) is 0 Å². The first-order valence-corrected chi connectivity index (χ1v) is 7.30. The number of carbonyl (C=O) groups excluding carboxylic acids is 4. The van der Waals surface area contributed by atoms with Crippen LogP contribution in [0, 0.1) is 0 Å². The van der Waals surface area contributed by atoms with Crippen molar-refractivity contribution in [3.8, 4) is 0 Å². The fourth-order valence-electron chi connectivity index (χ4n) is 1.68. The van der Waals surface area contributed by atoms with Crippen LogP contribution in [-0.4, -0.2) is 43.4 Å². The summed E-state index contributed by atoms with van der Waals surface area (Å²) in [5, 5.41) is 4.81. The molecule has 8 heteroatoms. The molecular formula is C16H20N2O6. The third kappa shape index (κ3) is 6.91. The molecule has 2 amide bonds. The largest absolute Gasteiger partial charge is 0.463 e. The van der Waals surface area contributed by atoms with E-state index in [0.29, 0.717) is 0 Å². The molecule has 0 fully saturated rings. The van der Waals surface area contributed by atoms with Gasteiger partial charge in [-0.05, 0) is 12.5 Å². The van der Waals surface area contributed by atoms with E-state index in [0.717, 1.165) is 12.7 Å². The molecule has 0 aromatic heterocycles. The normalized spacial score (nSPS) is 11.1. The predicted molar refractivity (Wildman–Crippen MR) is 83.9 cm³/mol. The highest BCUT2D eigenvalue weighted by Gasteiger charge is 2.18. The molecular weight excluding hydrogens is 316 g/mol. The van der Waals surface area contributed by atoms with Crippen LogP contribution in [0.2, 0.25) is 0 Å². The molecule has 0 aliphatic carbocycles. The lowest BCUT2D eigenvalue weighted by Gasteiger charge is -2.14. The van der Waals surface area contributed by atoms with Gasteiger partial charge < -0.3 is 20.1 Å². The van der Waals surface area contributed by atoms with E-state index in [9.17, 15) is 19.2 Å². The third-order valence-corrected chi connectivity index (χ3v) is 3.00. The number of amides is 2. The standard InChI is InChI=1S/C16H20N2O6/c1-11(14(20)17-9-8-13(19)15(21)23-2)18-16(22)24-10-12-6-4-3-5-7-12/h3-7,11H,8-10H2,1-2H3,(H,17,20)(H,18,22)/t11-/m0/s1. The molecule has 1 rings (SSSR count). The molecule has 0 heterocycles. The molecule has 0 saturated heterocycles. The number of hydrogen-bond donors (Lipinski definition) is 2. The van der Waals surface area contributed by atoms with Crippen LogP contribution in [0.4, 0.5) is 4.79 Å². The fourth-order valence-corrected chi connectivity index (χ4v) is 1.68. The highest BCUT2D eigenvalue weighted by molar-refractivity contribution is 6.33. The number of nitrogens with one attached hydrogen (secondary N) is 2. The van der Waals surface area contributed by atoms with E-state index < -0.39 is 29.8 Å². The van der Waals surface area contributed by atoms with Crippen molar-refractivity contribution in [2.24, 2.45) is 0 Å². The molecule has 0 radical (unpaired) electrons. The minimum Gasteiger partial charge on any atom is -0.463 e. The maximum absolute atomic E-state index is 11.8. The summed E-state index contributed by atoms with van der Waals surface area (Å²) in [5.41, 5.74) is 0.825. The van der Waals surface area contributed by atoms with E-state index in [2.05, 4.69) is 15.4 Å². The summed E-state index contributed by atoms with van der Waals surface area (Å²) in [6.45, 7) is 1.54. The summed E-state index contributed by atoms with van der Waals surface area (Å²) in [6.07, 6.45) is -0.906. The number of ether oxygens (including phenoxy) is 2. The fraction of sp³-hybridized carbons (Fsp3) is 0.375. The molecule has 2 N–H and O–H groups in total. The number of Topliss-reactive ketones (excluding diaryl/α,β-unsaturated/α-hetero) is 1. The second-order valence-electron chi connectivity index (χ2n) is 4.88. The Morgan fingerprint density at radius 3 is 2.42 bits per heavy atom. The highest BCUT2D eigenvalue weighted by atomic mass is 16.5. The second-order valence-corrected chi connectivity index (χ2v) is 4.88. The summed E-state index contributed by atoms with van der Waals surface area (Å²) in [7, 11) is 1.10. The molecule has 0 aliphatic heterocycles. The van der Waals surface area contributed by atoms with Gasteiger partial charge in [-0.3, -0.25) is 9.59 Å². The zero-order valence-corrected chi connectivity index (χ0v) is 13.5. The number of carbonyl (C=O) groups is 4. The van der Waals surface area contributed by atoms with Crippen molar-refractivity contribution in [2.75, 3.05) is 13.7 Å². The smallest absolute Gasteiger partial charge is 0.408 e. The van der Waals surface area contributed by atoms with Gasteiger partial charge in [-0.15, -0.1) is 0 Å². The summed E-state index contributed by atoms with van der Waals surface area (Å²) in [5.74, 6) is -2.19. The number of methoxy groups -OCH3 is 1. The van der Waals surface area contributed by atoms with E-state index in [-0.39, 0.29) is 19.6 Å². The predicted octanol–water partition coefficient (Wildman–Crippen LogP) is 0.550. The summed E-state index contributed by atoms with van der Waals surface area (Å²) < 4.78 is 9.25. The van der Waals surface area contributed by atoms with Crippen molar-refractivity contribution in [2.45, 2.75) is 26.0 Å². The van der Waals surface area contributed by atoms with Crippen molar-refractivity contribution < 1.29 is 28.7 Å². The molecule has 0 unspecified atom stereocenters. The number of rotatable bonds is 8. The van der Waals surface area contributed by atoms with Crippen LogP contribution in [0.1, 0.15) is 18.9 Å². The van der Waals surface area contributed by atoms with Crippen molar-refractivity contribution in [3.05, 3.63) is 35.9 Å². The zero-order chi connectivity index (χ0) is 17.9. The molecule has 0 saturated carbocycles. The molecule has 0 bridgehead atoms. The zero-order valence-electron chi connectivity index (χ0n) is 13.5. The first kappa shape index (κ1) is 19.1. The number of alkyl carbamates (subject to hydrolysis) is 1. The van der Waals surface area contributed by atoms with E-state index in [1.54, 1.807) is 0 Å². The molecule has 0 aliphatic rings. The molecule has 24 heavy (non-hydrogen) atoms. The maximum atomic E-state index is 11.8. The Morgan fingerprint density at radius 1 is 1.12 bits per heavy atom. The number of esters is 1. The van der Waals surface area contributed by atoms with E-state index in [1.807, 2.05) is 30.3 Å². The third-order valence-electron chi connectivity index (χ3n) is 3.00. The van der Waals surface area contributed by atoms with E-state index >= 15 is 0 Å². The van der Waals surface area contributed by atoms with Crippen molar-refractivity contribution in [3.63, 3.8) is 0 Å². The summed E-state index contributed by atoms with van der Waals surface area (Å²) >= 11 is 0. The lowest BCUT2D eigenvalue weighted by atomic mass is 10.2. The van der Waals surface area contributed by atoms with Gasteiger partial charge >= 0.3 is 12.1 Å². The Kier molecular flexibility index (Phi) is 7.97. The van der Waals surface area contributed by atoms with Crippen LogP contribution in [0.25, 0.3) is 0 Å². The Balaban J connectivity index is 2.26. The van der Waals surface area contributed by atoms with Crippen LogP contribution in [-0.2, 0) is 30.5 Å². The van der Waals surface area contributed by atoms with Crippen molar-refractivity contribution >= 4 is 23.8 Å². The molecule has 1 atom stereocenters. The second kappa shape index (κ2) is 9.98. The number of ketones is 1. The van der Waals surface area contributed by atoms with E-state index in [4.69, 9.17) is 4.74 Å². The van der Waals surface area contributed by atoms with Gasteiger partial charge in [0.05, 0.1) is 7.11 Å². The first-order chi connectivity index (χ1) is 11.4. The van der Waals surface area contributed by atoms with Crippen molar-refractivity contribution in [1.82, 2.24) is 10.6 Å². The van der Waals surface area contributed by atoms with Crippen LogP contribution in [0.5, 0.6) is 0 Å². The van der Waals surface area contributed by atoms with E-state index in [1.165, 1.54) is 6.92 Å². The van der Waals surface area contributed by atoms with Gasteiger partial charge in [0.15, 0.2) is 0 Å². The minimum absolute atomic E-state index is 0.0299. The Hall–Kier alpha value is -2.90. The quantitative estimate of drug-likeness (QED) is 0.530. The molecule has 8 nitrogen and oxygen atoms in total. The average molecular weight is 336 g/mol. The minimum atomic E-state index is -0.958. The van der Waals surface area contributed by atoms with Gasteiger partial charge in [-0.25, -0.2) is 9.59 Å². The molecule has 0 spiro atoms. The topological polar surface area (TPSA) is 111 Å². The van der Waals surface area contributed by atoms with Crippen LogP contribution in [0.15, 0.2) is 30.3 Å². The van der Waals surface area contributed by atoms with Gasteiger partial charge in [0, 0.05) is 13.0 Å². The van der Waals surface area contributed by atoms with Gasteiger partial charge in [0.1, 0.15) is 12.6 Å². The van der Waals surface area contributed by atoms with Gasteiger partial charge in [-0.1, -0.05) is 30.3 Å². The Labute approximate surface area is 139 Å². The van der Waals surface area contributed by atoms with Gasteiger partial charge in [0.25, 0.3) is 0 Å². The number of benzene rings is 1. The lowest BCUT2D eigenvalue weighted by Crippen LogP contribution is -2.45. The van der Waals surface area contributed by atoms with Gasteiger partial charge in [0.2, 0.25) is 11.7 Å². The van der Waals surface area contributed by atoms with Crippen LogP contribution in [0.3, 0.4) is 0 Å². The Morgan fingerprint density at radius 2 is 1.79 bits per heavy atom. The first-order valence-electron chi connectivity index (χ1n) is 7.30. The molecule has 1 aromatic rings. The Bertz CT molecular complexity index is 587. The SMILES string of the molecule is COC(=O)C(=O)CCNC(=O)[C@H](C)NC(=O)OCc1ccccc1. The summed E-state index contributed by atoms with van der Waals surface area (Å²) in [6, 6.07) is 8.26. The average Bonchev–Trinajstić information content (AvgIpc) is 2.59. The monoisotopic (exact) mass is 336 g/mol. The van der Waals surface area contributed by atoms with Crippen LogP contribution < -0.4 is 10.6 Å². The molecule has 130 valence electrons.